The Balaban J connectivity index is 3.07. The van der Waals surface area contributed by atoms with E-state index in [0.717, 1.165) is 0 Å². The molecule has 1 atom stereocenters. The van der Waals surface area contributed by atoms with Crippen molar-refractivity contribution in [3.05, 3.63) is 33.9 Å². The Morgan fingerprint density at radius 1 is 1.50 bits per heavy atom. The number of rotatable bonds is 3. The Morgan fingerprint density at radius 2 is 2.14 bits per heavy atom. The molecule has 0 heterocycles. The molecule has 1 aromatic carbocycles. The number of hydrogen-bond acceptors (Lipinski definition) is 5. The molecule has 6 heteroatoms. The van der Waals surface area contributed by atoms with Crippen LogP contribution < -0.4 is 17.2 Å². The average Bonchev–Trinajstić information content (AvgIpc) is 2.16. The van der Waals surface area contributed by atoms with E-state index in [9.17, 15) is 10.1 Å². The number of anilines is 1. The van der Waals surface area contributed by atoms with Crippen molar-refractivity contribution >= 4 is 11.4 Å². The van der Waals surface area contributed by atoms with Gasteiger partial charge < -0.3 is 17.2 Å². The number of nitro groups is 1. The lowest BCUT2D eigenvalue weighted by atomic mass is 10.1. The molecule has 0 aromatic heterocycles. The zero-order valence-electron chi connectivity index (χ0n) is 7.51. The normalized spacial score (nSPS) is 12.4. The van der Waals surface area contributed by atoms with E-state index in [1.807, 2.05) is 0 Å². The quantitative estimate of drug-likeness (QED) is 0.360. The molecule has 0 amide bonds. The molecular weight excluding hydrogens is 184 g/mol. The molecule has 0 radical (unpaired) electrons. The van der Waals surface area contributed by atoms with Crippen molar-refractivity contribution in [2.75, 3.05) is 12.3 Å². The Hall–Kier alpha value is -1.66. The van der Waals surface area contributed by atoms with Gasteiger partial charge in [-0.1, -0.05) is 0 Å². The molecule has 1 rings (SSSR count). The van der Waals surface area contributed by atoms with E-state index in [1.54, 1.807) is 0 Å². The highest BCUT2D eigenvalue weighted by Crippen LogP contribution is 2.23. The smallest absolute Gasteiger partial charge is 0.271 e. The summed E-state index contributed by atoms with van der Waals surface area (Å²) in [6, 6.07) is 3.80. The molecule has 14 heavy (non-hydrogen) atoms. The molecule has 6 nitrogen and oxygen atoms in total. The van der Waals surface area contributed by atoms with Gasteiger partial charge in [0.05, 0.1) is 4.92 Å². The van der Waals surface area contributed by atoms with Crippen LogP contribution >= 0.6 is 0 Å². The number of nitrogens with zero attached hydrogens (tertiary/aromatic N) is 1. The van der Waals surface area contributed by atoms with E-state index < -0.39 is 4.92 Å². The monoisotopic (exact) mass is 196 g/mol. The standard InChI is InChI=1S/C8H12N4O2/c9-4-8(11)6-2-1-5(12(13)14)3-7(6)10/h1-3,8H,4,9-11H2/t8-/m0/s1. The first kappa shape index (κ1) is 10.4. The number of benzene rings is 1. The van der Waals surface area contributed by atoms with Crippen LogP contribution in [0.2, 0.25) is 0 Å². The molecule has 0 saturated heterocycles. The third-order valence-electron chi connectivity index (χ3n) is 1.93. The van der Waals surface area contributed by atoms with E-state index in [4.69, 9.17) is 17.2 Å². The zero-order valence-corrected chi connectivity index (χ0v) is 7.51. The van der Waals surface area contributed by atoms with Gasteiger partial charge in [-0.3, -0.25) is 10.1 Å². The molecule has 0 spiro atoms. The molecule has 0 bridgehead atoms. The highest BCUT2D eigenvalue weighted by Gasteiger charge is 2.12. The van der Waals surface area contributed by atoms with Crippen molar-refractivity contribution in [2.45, 2.75) is 6.04 Å². The minimum absolute atomic E-state index is 0.0459. The fourth-order valence-electron chi connectivity index (χ4n) is 1.14. The van der Waals surface area contributed by atoms with Crippen LogP contribution in [0.15, 0.2) is 18.2 Å². The van der Waals surface area contributed by atoms with E-state index in [-0.39, 0.29) is 18.3 Å². The lowest BCUT2D eigenvalue weighted by Gasteiger charge is -2.11. The molecular formula is C8H12N4O2. The number of nitrogens with two attached hydrogens (primary N) is 3. The Labute approximate surface area is 80.8 Å². The maximum Gasteiger partial charge on any atom is 0.271 e. The van der Waals surface area contributed by atoms with Gasteiger partial charge in [0, 0.05) is 30.4 Å². The van der Waals surface area contributed by atoms with E-state index >= 15 is 0 Å². The minimum Gasteiger partial charge on any atom is -0.398 e. The minimum atomic E-state index is -0.506. The molecule has 0 aliphatic rings. The lowest BCUT2D eigenvalue weighted by Crippen LogP contribution is -2.21. The SMILES string of the molecule is NC[C@H](N)c1ccc([N+](=O)[O-])cc1N. The fraction of sp³-hybridized carbons (Fsp3) is 0.250. The first-order valence-corrected chi connectivity index (χ1v) is 4.05. The second-order valence-corrected chi connectivity index (χ2v) is 2.91. The number of hydrogen-bond donors (Lipinski definition) is 3. The molecule has 76 valence electrons. The van der Waals surface area contributed by atoms with Gasteiger partial charge in [0.25, 0.3) is 5.69 Å². The lowest BCUT2D eigenvalue weighted by molar-refractivity contribution is -0.384. The Kier molecular flexibility index (Phi) is 3.00. The first-order chi connectivity index (χ1) is 6.56. The van der Waals surface area contributed by atoms with Gasteiger partial charge in [0.15, 0.2) is 0 Å². The topological polar surface area (TPSA) is 121 Å². The third kappa shape index (κ3) is 1.98. The summed E-state index contributed by atoms with van der Waals surface area (Å²) in [5.74, 6) is 0. The highest BCUT2D eigenvalue weighted by molar-refractivity contribution is 5.55. The Morgan fingerprint density at radius 3 is 2.57 bits per heavy atom. The summed E-state index contributed by atoms with van der Waals surface area (Å²) in [5.41, 5.74) is 17.5. The highest BCUT2D eigenvalue weighted by atomic mass is 16.6. The second-order valence-electron chi connectivity index (χ2n) is 2.91. The molecule has 0 aliphatic heterocycles. The number of nitrogen functional groups attached to an aromatic ring is 1. The van der Waals surface area contributed by atoms with Crippen LogP contribution in [0.4, 0.5) is 11.4 Å². The van der Waals surface area contributed by atoms with Crippen molar-refractivity contribution in [3.63, 3.8) is 0 Å². The predicted molar refractivity (Wildman–Crippen MR) is 53.5 cm³/mol. The maximum absolute atomic E-state index is 10.4. The molecule has 0 saturated carbocycles. The third-order valence-corrected chi connectivity index (χ3v) is 1.93. The van der Waals surface area contributed by atoms with Gasteiger partial charge in [-0.25, -0.2) is 0 Å². The molecule has 0 aliphatic carbocycles. The zero-order chi connectivity index (χ0) is 10.7. The van der Waals surface area contributed by atoms with Crippen LogP contribution in [0, 0.1) is 10.1 Å². The number of non-ortho nitro benzene ring substituents is 1. The van der Waals surface area contributed by atoms with Gasteiger partial charge in [-0.15, -0.1) is 0 Å². The Bertz CT molecular complexity index is 353. The summed E-state index contributed by atoms with van der Waals surface area (Å²) in [4.78, 5) is 9.89. The van der Waals surface area contributed by atoms with Crippen LogP contribution in [-0.4, -0.2) is 11.5 Å². The first-order valence-electron chi connectivity index (χ1n) is 4.05. The van der Waals surface area contributed by atoms with E-state index in [0.29, 0.717) is 11.3 Å². The number of nitro benzene ring substituents is 1. The molecule has 6 N–H and O–H groups in total. The van der Waals surface area contributed by atoms with Gasteiger partial charge >= 0.3 is 0 Å². The predicted octanol–water partition coefficient (Wildman–Crippen LogP) is 0.136. The molecule has 0 unspecified atom stereocenters. The van der Waals surface area contributed by atoms with Crippen molar-refractivity contribution in [1.82, 2.24) is 0 Å². The van der Waals surface area contributed by atoms with Crippen LogP contribution in [0.5, 0.6) is 0 Å². The van der Waals surface area contributed by atoms with E-state index in [2.05, 4.69) is 0 Å². The van der Waals surface area contributed by atoms with Gasteiger partial charge in [-0.05, 0) is 11.6 Å². The van der Waals surface area contributed by atoms with Crippen LogP contribution in [0.25, 0.3) is 0 Å². The van der Waals surface area contributed by atoms with Gasteiger partial charge in [0.2, 0.25) is 0 Å². The largest absolute Gasteiger partial charge is 0.398 e. The van der Waals surface area contributed by atoms with Crippen LogP contribution in [0.1, 0.15) is 11.6 Å². The molecule has 1 aromatic rings. The van der Waals surface area contributed by atoms with Crippen molar-refractivity contribution < 1.29 is 4.92 Å². The van der Waals surface area contributed by atoms with Crippen molar-refractivity contribution in [2.24, 2.45) is 11.5 Å². The summed E-state index contributed by atoms with van der Waals surface area (Å²) >= 11 is 0. The van der Waals surface area contributed by atoms with Gasteiger partial charge in [-0.2, -0.15) is 0 Å². The molecule has 0 fully saturated rings. The summed E-state index contributed by atoms with van der Waals surface area (Å²) < 4.78 is 0. The van der Waals surface area contributed by atoms with Crippen molar-refractivity contribution in [3.8, 4) is 0 Å². The van der Waals surface area contributed by atoms with Crippen LogP contribution in [0.3, 0.4) is 0 Å². The summed E-state index contributed by atoms with van der Waals surface area (Å²) in [6.45, 7) is 0.252. The van der Waals surface area contributed by atoms with E-state index in [1.165, 1.54) is 18.2 Å². The fourth-order valence-corrected chi connectivity index (χ4v) is 1.14. The van der Waals surface area contributed by atoms with Crippen molar-refractivity contribution in [1.29, 1.82) is 0 Å². The second kappa shape index (κ2) is 4.03. The average molecular weight is 196 g/mol. The summed E-state index contributed by atoms with van der Waals surface area (Å²) in [7, 11) is 0. The van der Waals surface area contributed by atoms with Gasteiger partial charge in [0.1, 0.15) is 0 Å². The summed E-state index contributed by atoms with van der Waals surface area (Å²) in [6.07, 6.45) is 0. The summed E-state index contributed by atoms with van der Waals surface area (Å²) in [5, 5.41) is 10.4. The maximum atomic E-state index is 10.4. The van der Waals surface area contributed by atoms with Crippen LogP contribution in [-0.2, 0) is 0 Å².